The maximum Gasteiger partial charge on any atom is 0.381 e. The third kappa shape index (κ3) is 3.43. The maximum absolute atomic E-state index is 11.3. The SMILES string of the molecule is CC(Oc1cccc(CO)c1)(P(=O)(O)O)P(=O)(O)O. The highest BCUT2D eigenvalue weighted by atomic mass is 31.2. The van der Waals surface area contributed by atoms with Gasteiger partial charge < -0.3 is 29.4 Å². The molecule has 1 aromatic rings. The molecule has 0 bridgehead atoms. The molecule has 0 aliphatic rings. The lowest BCUT2D eigenvalue weighted by atomic mass is 10.2. The summed E-state index contributed by atoms with van der Waals surface area (Å²) in [5, 5.41) is 5.94. The number of aliphatic hydroxyl groups excluding tert-OH is 1. The van der Waals surface area contributed by atoms with Crippen molar-refractivity contribution in [1.82, 2.24) is 0 Å². The molecule has 0 saturated heterocycles. The summed E-state index contributed by atoms with van der Waals surface area (Å²) in [4.78, 5) is 36.4. The molecule has 1 aromatic carbocycles. The van der Waals surface area contributed by atoms with Gasteiger partial charge in [-0.2, -0.15) is 0 Å². The van der Waals surface area contributed by atoms with Crippen molar-refractivity contribution in [2.24, 2.45) is 0 Å². The van der Waals surface area contributed by atoms with Crippen LogP contribution in [-0.2, 0) is 15.7 Å². The van der Waals surface area contributed by atoms with E-state index in [1.54, 1.807) is 0 Å². The van der Waals surface area contributed by atoms with Gasteiger partial charge in [-0.15, -0.1) is 0 Å². The molecular weight excluding hydrogens is 298 g/mol. The van der Waals surface area contributed by atoms with Gasteiger partial charge in [-0.1, -0.05) is 12.1 Å². The lowest BCUT2D eigenvalue weighted by molar-refractivity contribution is 0.166. The Bertz CT molecular complexity index is 523. The van der Waals surface area contributed by atoms with Gasteiger partial charge in [0.2, 0.25) is 0 Å². The lowest BCUT2D eigenvalue weighted by Crippen LogP contribution is -2.32. The smallest absolute Gasteiger partial charge is 0.381 e. The molecule has 0 spiro atoms. The van der Waals surface area contributed by atoms with Crippen LogP contribution in [0.2, 0.25) is 0 Å². The minimum Gasteiger partial charge on any atom is -0.462 e. The second-order valence-electron chi connectivity index (χ2n) is 3.93. The molecule has 5 N–H and O–H groups in total. The van der Waals surface area contributed by atoms with Crippen LogP contribution in [0.1, 0.15) is 12.5 Å². The zero-order valence-electron chi connectivity index (χ0n) is 9.87. The highest BCUT2D eigenvalue weighted by Gasteiger charge is 2.59. The van der Waals surface area contributed by atoms with Gasteiger partial charge in [0.25, 0.3) is 0 Å². The van der Waals surface area contributed by atoms with Crippen molar-refractivity contribution in [2.75, 3.05) is 0 Å². The first-order valence-corrected chi connectivity index (χ1v) is 8.24. The Morgan fingerprint density at radius 2 is 1.68 bits per heavy atom. The summed E-state index contributed by atoms with van der Waals surface area (Å²) in [7, 11) is -10.5. The molecule has 0 heterocycles. The van der Waals surface area contributed by atoms with Gasteiger partial charge in [-0.25, -0.2) is 0 Å². The van der Waals surface area contributed by atoms with E-state index in [9.17, 15) is 9.13 Å². The minimum atomic E-state index is -5.25. The molecule has 0 amide bonds. The normalized spacial score (nSPS) is 13.4. The number of ether oxygens (including phenoxy) is 1. The summed E-state index contributed by atoms with van der Waals surface area (Å²) in [5.41, 5.74) is 0.372. The van der Waals surface area contributed by atoms with Crippen molar-refractivity contribution in [1.29, 1.82) is 0 Å². The maximum atomic E-state index is 11.3. The Morgan fingerprint density at radius 1 is 1.16 bits per heavy atom. The van der Waals surface area contributed by atoms with E-state index in [1.165, 1.54) is 24.3 Å². The summed E-state index contributed by atoms with van der Waals surface area (Å²) < 4.78 is 27.4. The molecule has 0 fully saturated rings. The van der Waals surface area contributed by atoms with E-state index in [2.05, 4.69) is 0 Å². The number of benzene rings is 1. The quantitative estimate of drug-likeness (QED) is 0.497. The fraction of sp³-hybridized carbons (Fsp3) is 0.333. The molecule has 10 heteroatoms. The summed E-state index contributed by atoms with van der Waals surface area (Å²) in [6, 6.07) is 5.42. The summed E-state index contributed by atoms with van der Waals surface area (Å²) in [6.45, 7) is 0.292. The monoisotopic (exact) mass is 312 g/mol. The number of rotatable bonds is 5. The zero-order valence-corrected chi connectivity index (χ0v) is 11.7. The molecule has 19 heavy (non-hydrogen) atoms. The van der Waals surface area contributed by atoms with E-state index in [0.29, 0.717) is 12.5 Å². The van der Waals surface area contributed by atoms with E-state index in [-0.39, 0.29) is 12.4 Å². The van der Waals surface area contributed by atoms with Crippen molar-refractivity contribution >= 4 is 15.2 Å². The van der Waals surface area contributed by atoms with Gasteiger partial charge in [0.05, 0.1) is 6.61 Å². The molecule has 0 aromatic heterocycles. The van der Waals surface area contributed by atoms with Gasteiger partial charge in [0, 0.05) is 0 Å². The predicted octanol–water partition coefficient (Wildman–Crippen LogP) is 0.587. The fourth-order valence-corrected chi connectivity index (χ4v) is 3.03. The summed E-state index contributed by atoms with van der Waals surface area (Å²) in [5.74, 6) is -0.166. The minimum absolute atomic E-state index is 0.166. The van der Waals surface area contributed by atoms with Crippen LogP contribution >= 0.6 is 15.2 Å². The Morgan fingerprint density at radius 3 is 2.11 bits per heavy atom. The van der Waals surface area contributed by atoms with E-state index in [4.69, 9.17) is 29.4 Å². The van der Waals surface area contributed by atoms with E-state index < -0.39 is 20.3 Å². The van der Waals surface area contributed by atoms with Gasteiger partial charge in [-0.05, 0) is 24.6 Å². The van der Waals surface area contributed by atoms with E-state index in [0.717, 1.165) is 0 Å². The lowest BCUT2D eigenvalue weighted by Gasteiger charge is -2.31. The van der Waals surface area contributed by atoms with Crippen LogP contribution in [0.15, 0.2) is 24.3 Å². The molecule has 1 rings (SSSR count). The Labute approximate surface area is 109 Å². The van der Waals surface area contributed by atoms with Crippen LogP contribution in [0.4, 0.5) is 0 Å². The van der Waals surface area contributed by atoms with Crippen LogP contribution in [0.25, 0.3) is 0 Å². The molecule has 0 unspecified atom stereocenters. The number of hydrogen-bond donors (Lipinski definition) is 5. The topological polar surface area (TPSA) is 145 Å². The highest BCUT2D eigenvalue weighted by Crippen LogP contribution is 2.68. The van der Waals surface area contributed by atoms with Crippen LogP contribution in [0, 0.1) is 0 Å². The predicted molar refractivity (Wildman–Crippen MR) is 65.5 cm³/mol. The number of hydrogen-bond acceptors (Lipinski definition) is 4. The van der Waals surface area contributed by atoms with Crippen LogP contribution in [0.5, 0.6) is 5.75 Å². The Kier molecular flexibility index (Phi) is 4.59. The van der Waals surface area contributed by atoms with E-state index in [1.807, 2.05) is 0 Å². The van der Waals surface area contributed by atoms with Crippen molar-refractivity contribution in [3.8, 4) is 5.75 Å². The van der Waals surface area contributed by atoms with Crippen molar-refractivity contribution in [3.63, 3.8) is 0 Å². The number of aliphatic hydroxyl groups is 1. The van der Waals surface area contributed by atoms with Crippen molar-refractivity contribution in [2.45, 2.75) is 18.6 Å². The van der Waals surface area contributed by atoms with Crippen molar-refractivity contribution < 1.29 is 38.5 Å². The molecular formula is C9H14O8P2. The van der Waals surface area contributed by atoms with Crippen LogP contribution in [-0.4, -0.2) is 29.8 Å². The fourth-order valence-electron chi connectivity index (χ4n) is 1.22. The zero-order chi connectivity index (χ0) is 14.9. The average molecular weight is 312 g/mol. The van der Waals surface area contributed by atoms with Crippen LogP contribution in [0.3, 0.4) is 0 Å². The van der Waals surface area contributed by atoms with Gasteiger partial charge in [0.15, 0.2) is 0 Å². The molecule has 0 saturated carbocycles. The van der Waals surface area contributed by atoms with Gasteiger partial charge in [-0.3, -0.25) is 9.13 Å². The third-order valence-electron chi connectivity index (χ3n) is 2.47. The molecule has 0 atom stereocenters. The third-order valence-corrected chi connectivity index (χ3v) is 6.38. The largest absolute Gasteiger partial charge is 0.462 e. The van der Waals surface area contributed by atoms with Gasteiger partial charge in [0.1, 0.15) is 5.75 Å². The average Bonchev–Trinajstić information content (AvgIpc) is 2.26. The first kappa shape index (κ1) is 16.3. The molecule has 108 valence electrons. The van der Waals surface area contributed by atoms with Gasteiger partial charge >= 0.3 is 20.3 Å². The standard InChI is InChI=1S/C9H14O8P2/c1-9(18(11,12)13,19(14,15)16)17-8-4-2-3-7(5-8)6-10/h2-5,10H,6H2,1H3,(H2,11,12,13)(H2,14,15,16). The Balaban J connectivity index is 3.23. The summed E-state index contributed by atoms with van der Waals surface area (Å²) in [6.07, 6.45) is 0. The summed E-state index contributed by atoms with van der Waals surface area (Å²) >= 11 is 0. The van der Waals surface area contributed by atoms with Crippen LogP contribution < -0.4 is 4.74 Å². The molecule has 0 aliphatic carbocycles. The molecule has 8 nitrogen and oxygen atoms in total. The second kappa shape index (κ2) is 5.34. The molecule has 0 radical (unpaired) electrons. The first-order valence-electron chi connectivity index (χ1n) is 5.01. The van der Waals surface area contributed by atoms with Crippen molar-refractivity contribution in [3.05, 3.63) is 29.8 Å². The van der Waals surface area contributed by atoms with E-state index >= 15 is 0 Å². The second-order valence-corrected chi connectivity index (χ2v) is 8.17. The molecule has 0 aliphatic heterocycles. The highest BCUT2D eigenvalue weighted by molar-refractivity contribution is 7.72. The Hall–Kier alpha value is -0.720. The first-order chi connectivity index (χ1) is 8.51.